The molecule has 14 nitrogen and oxygen atoms in total. The molecule has 0 spiro atoms. The molecule has 0 aromatic heterocycles. The number of carbonyl (C=O) groups excluding carboxylic acids is 6. The van der Waals surface area contributed by atoms with Crippen molar-refractivity contribution in [1.29, 1.82) is 0 Å². The van der Waals surface area contributed by atoms with Gasteiger partial charge in [0.05, 0.1) is 65.6 Å². The van der Waals surface area contributed by atoms with Crippen LogP contribution in [-0.2, 0) is 57.2 Å². The van der Waals surface area contributed by atoms with Gasteiger partial charge >= 0.3 is 23.9 Å². The van der Waals surface area contributed by atoms with Crippen LogP contribution < -0.4 is 0 Å². The molecule has 0 aliphatic heterocycles. The zero-order valence-electron chi connectivity index (χ0n) is 26.7. The summed E-state index contributed by atoms with van der Waals surface area (Å²) < 4.78 is 30.9. The van der Waals surface area contributed by atoms with Gasteiger partial charge in [-0.25, -0.2) is 9.59 Å². The van der Waals surface area contributed by atoms with Crippen LogP contribution >= 0.6 is 0 Å². The van der Waals surface area contributed by atoms with E-state index in [1.54, 1.807) is 0 Å². The molecule has 0 N–H and O–H groups in total. The van der Waals surface area contributed by atoms with Gasteiger partial charge in [-0.15, -0.1) is 0 Å². The summed E-state index contributed by atoms with van der Waals surface area (Å²) in [5, 5.41) is 0. The van der Waals surface area contributed by atoms with Crippen LogP contribution in [0.1, 0.15) is 38.5 Å². The van der Waals surface area contributed by atoms with Crippen LogP contribution in [0.4, 0.5) is 0 Å². The first-order valence-electron chi connectivity index (χ1n) is 15.1. The van der Waals surface area contributed by atoms with Crippen molar-refractivity contribution in [2.24, 2.45) is 0 Å². The molecule has 0 rings (SSSR count). The van der Waals surface area contributed by atoms with Crippen LogP contribution in [0.2, 0.25) is 0 Å². The zero-order chi connectivity index (χ0) is 34.4. The minimum Gasteiger partial charge on any atom is -0.466 e. The van der Waals surface area contributed by atoms with E-state index >= 15 is 0 Å². The predicted octanol–water partition coefficient (Wildman–Crippen LogP) is 1.93. The number of amides is 2. The van der Waals surface area contributed by atoms with Crippen LogP contribution in [0.15, 0.2) is 50.6 Å². The summed E-state index contributed by atoms with van der Waals surface area (Å²) in [4.78, 5) is 72.6. The standard InChI is InChI=1S/C32H48N2O12/c1-5-27(35)33(17-25-45-29(37)7-3)15-23-41-21-13-31(39)43-19-11-9-10-12-20-44-32(40)14-22-42-24-16-34(28(36)6-2)18-26-46-30(38)8-4/h5-8H,1-4,9-26H2. The van der Waals surface area contributed by atoms with Crippen LogP contribution in [0.5, 0.6) is 0 Å². The molecule has 0 saturated carbocycles. The zero-order valence-corrected chi connectivity index (χ0v) is 26.7. The van der Waals surface area contributed by atoms with E-state index in [4.69, 9.17) is 28.4 Å². The second-order valence-corrected chi connectivity index (χ2v) is 9.38. The van der Waals surface area contributed by atoms with E-state index in [1.165, 1.54) is 9.80 Å². The van der Waals surface area contributed by atoms with Crippen LogP contribution in [-0.4, -0.2) is 125 Å². The number of carbonyl (C=O) groups is 6. The summed E-state index contributed by atoms with van der Waals surface area (Å²) in [5.74, 6) is -2.59. The minimum atomic E-state index is -0.577. The molecule has 14 heteroatoms. The van der Waals surface area contributed by atoms with Crippen molar-refractivity contribution in [1.82, 2.24) is 9.80 Å². The number of ether oxygens (including phenoxy) is 6. The maximum atomic E-state index is 11.9. The van der Waals surface area contributed by atoms with Crippen molar-refractivity contribution < 1.29 is 57.2 Å². The molecule has 0 bridgehead atoms. The lowest BCUT2D eigenvalue weighted by molar-refractivity contribution is -0.146. The molecule has 0 aromatic rings. The second kappa shape index (κ2) is 28.2. The summed E-state index contributed by atoms with van der Waals surface area (Å²) in [7, 11) is 0. The number of unbranched alkanes of at least 4 members (excludes halogenated alkanes) is 3. The lowest BCUT2D eigenvalue weighted by Gasteiger charge is -2.20. The van der Waals surface area contributed by atoms with E-state index in [2.05, 4.69) is 26.3 Å². The lowest BCUT2D eigenvalue weighted by atomic mass is 10.2. The molecular weight excluding hydrogens is 604 g/mol. The van der Waals surface area contributed by atoms with Gasteiger partial charge in [0.15, 0.2) is 0 Å². The minimum absolute atomic E-state index is 0.0152. The number of hydrogen-bond donors (Lipinski definition) is 0. The molecule has 0 saturated heterocycles. The third-order valence-corrected chi connectivity index (χ3v) is 5.99. The van der Waals surface area contributed by atoms with E-state index in [0.29, 0.717) is 12.8 Å². The highest BCUT2D eigenvalue weighted by Gasteiger charge is 2.13. The van der Waals surface area contributed by atoms with Crippen LogP contribution in [0.25, 0.3) is 0 Å². The Labute approximate surface area is 270 Å². The molecule has 2 amide bonds. The fourth-order valence-electron chi connectivity index (χ4n) is 3.49. The molecule has 0 aliphatic carbocycles. The highest BCUT2D eigenvalue weighted by atomic mass is 16.5. The first kappa shape index (κ1) is 41.7. The van der Waals surface area contributed by atoms with E-state index < -0.39 is 11.9 Å². The monoisotopic (exact) mass is 652 g/mol. The SMILES string of the molecule is C=CC(=O)OCCN(CCOCCC(=O)OCCCCCCOC(=O)CCOCCN(CCOC(=O)C=C)C(=O)C=C)C(=O)C=C. The molecule has 0 heterocycles. The molecule has 0 fully saturated rings. The van der Waals surface area contributed by atoms with Gasteiger partial charge in [-0.05, 0) is 37.8 Å². The Balaban J connectivity index is 3.80. The van der Waals surface area contributed by atoms with Crippen LogP contribution in [0, 0.1) is 0 Å². The van der Waals surface area contributed by atoms with Crippen LogP contribution in [0.3, 0.4) is 0 Å². The highest BCUT2D eigenvalue weighted by molar-refractivity contribution is 5.87. The predicted molar refractivity (Wildman–Crippen MR) is 167 cm³/mol. The van der Waals surface area contributed by atoms with Crippen molar-refractivity contribution in [2.75, 3.05) is 79.0 Å². The van der Waals surface area contributed by atoms with E-state index in [-0.39, 0.29) is 116 Å². The number of hydrogen-bond acceptors (Lipinski definition) is 12. The fraction of sp³-hybridized carbons (Fsp3) is 0.562. The first-order chi connectivity index (χ1) is 22.2. The second-order valence-electron chi connectivity index (χ2n) is 9.38. The smallest absolute Gasteiger partial charge is 0.330 e. The topological polar surface area (TPSA) is 164 Å². The van der Waals surface area contributed by atoms with E-state index in [9.17, 15) is 28.8 Å². The lowest BCUT2D eigenvalue weighted by Crippen LogP contribution is -2.36. The quantitative estimate of drug-likeness (QED) is 0.0500. The van der Waals surface area contributed by atoms with E-state index in [0.717, 1.165) is 37.1 Å². The largest absolute Gasteiger partial charge is 0.466 e. The van der Waals surface area contributed by atoms with Gasteiger partial charge in [-0.1, -0.05) is 26.3 Å². The van der Waals surface area contributed by atoms with Crippen molar-refractivity contribution in [3.63, 3.8) is 0 Å². The van der Waals surface area contributed by atoms with Gasteiger partial charge in [0.25, 0.3) is 0 Å². The Hall–Kier alpha value is -4.30. The highest BCUT2D eigenvalue weighted by Crippen LogP contribution is 2.03. The summed E-state index contributed by atoms with van der Waals surface area (Å²) in [5.41, 5.74) is 0. The molecular formula is C32H48N2O12. The molecule has 0 aliphatic rings. The van der Waals surface area contributed by atoms with Gasteiger partial charge in [0.2, 0.25) is 11.8 Å². The Morgan fingerprint density at radius 2 is 0.804 bits per heavy atom. The fourth-order valence-corrected chi connectivity index (χ4v) is 3.49. The maximum absolute atomic E-state index is 11.9. The Morgan fingerprint density at radius 3 is 1.15 bits per heavy atom. The van der Waals surface area contributed by atoms with Gasteiger partial charge in [-0.3, -0.25) is 19.2 Å². The number of rotatable bonds is 29. The normalized spacial score (nSPS) is 10.2. The molecule has 46 heavy (non-hydrogen) atoms. The summed E-state index contributed by atoms with van der Waals surface area (Å²) in [6.45, 7) is 15.6. The molecule has 0 atom stereocenters. The summed E-state index contributed by atoms with van der Waals surface area (Å²) in [6.07, 6.45) is 7.47. The Morgan fingerprint density at radius 1 is 0.435 bits per heavy atom. The average molecular weight is 653 g/mol. The Bertz CT molecular complexity index is 920. The van der Waals surface area contributed by atoms with Crippen molar-refractivity contribution in [3.05, 3.63) is 50.6 Å². The van der Waals surface area contributed by atoms with Crippen molar-refractivity contribution in [3.8, 4) is 0 Å². The van der Waals surface area contributed by atoms with Gasteiger partial charge in [0, 0.05) is 25.2 Å². The van der Waals surface area contributed by atoms with Crippen molar-refractivity contribution >= 4 is 35.7 Å². The third-order valence-electron chi connectivity index (χ3n) is 5.99. The average Bonchev–Trinajstić information content (AvgIpc) is 3.06. The van der Waals surface area contributed by atoms with Gasteiger partial charge in [0.1, 0.15) is 13.2 Å². The van der Waals surface area contributed by atoms with Crippen molar-refractivity contribution in [2.45, 2.75) is 38.5 Å². The third kappa shape index (κ3) is 23.1. The molecule has 0 aromatic carbocycles. The number of nitrogens with zero attached hydrogens (tertiary/aromatic N) is 2. The molecule has 258 valence electrons. The molecule has 0 unspecified atom stereocenters. The van der Waals surface area contributed by atoms with Gasteiger partial charge < -0.3 is 38.2 Å². The van der Waals surface area contributed by atoms with Gasteiger partial charge in [-0.2, -0.15) is 0 Å². The van der Waals surface area contributed by atoms with E-state index in [1.807, 2.05) is 0 Å². The Kier molecular flexibility index (Phi) is 25.6. The summed E-state index contributed by atoms with van der Waals surface area (Å²) >= 11 is 0. The maximum Gasteiger partial charge on any atom is 0.330 e. The number of esters is 4. The molecule has 0 radical (unpaired) electrons. The summed E-state index contributed by atoms with van der Waals surface area (Å²) in [6, 6.07) is 0. The first-order valence-corrected chi connectivity index (χ1v) is 15.1.